The van der Waals surface area contributed by atoms with Crippen LogP contribution in [-0.2, 0) is 11.2 Å². The van der Waals surface area contributed by atoms with Gasteiger partial charge in [-0.2, -0.15) is 0 Å². The molecule has 0 aromatic heterocycles. The Hall–Kier alpha value is -3.15. The van der Waals surface area contributed by atoms with Crippen LogP contribution in [0.1, 0.15) is 47.1 Å². The second-order valence-corrected chi connectivity index (χ2v) is 8.23. The van der Waals surface area contributed by atoms with E-state index in [0.717, 1.165) is 5.56 Å². The SMILES string of the molecule is CN(C[C@H](Cc1ccccc1)N1C(=O)c2ccccc2C1=O)C(=O)OC(C)(C)C. The third kappa shape index (κ3) is 4.65. The normalized spacial score (nSPS) is 14.6. The molecule has 1 heterocycles. The highest BCUT2D eigenvalue weighted by atomic mass is 16.6. The van der Waals surface area contributed by atoms with E-state index in [2.05, 4.69) is 0 Å². The first-order valence-electron chi connectivity index (χ1n) is 9.62. The van der Waals surface area contributed by atoms with Crippen LogP contribution >= 0.6 is 0 Å². The maximum atomic E-state index is 13.0. The minimum absolute atomic E-state index is 0.176. The molecule has 0 saturated heterocycles. The first-order valence-corrected chi connectivity index (χ1v) is 9.62. The monoisotopic (exact) mass is 394 g/mol. The van der Waals surface area contributed by atoms with Gasteiger partial charge in [0, 0.05) is 13.6 Å². The van der Waals surface area contributed by atoms with E-state index in [1.54, 1.807) is 52.1 Å². The van der Waals surface area contributed by atoms with E-state index < -0.39 is 17.7 Å². The van der Waals surface area contributed by atoms with Gasteiger partial charge in [0.15, 0.2) is 0 Å². The molecule has 0 fully saturated rings. The predicted molar refractivity (Wildman–Crippen MR) is 110 cm³/mol. The van der Waals surface area contributed by atoms with Gasteiger partial charge in [-0.15, -0.1) is 0 Å². The fourth-order valence-corrected chi connectivity index (χ4v) is 3.39. The molecule has 1 aliphatic heterocycles. The number of hydrogen-bond donors (Lipinski definition) is 0. The zero-order valence-electron chi connectivity index (χ0n) is 17.2. The first kappa shape index (κ1) is 20.6. The number of carbonyl (C=O) groups is 3. The highest BCUT2D eigenvalue weighted by Gasteiger charge is 2.40. The average molecular weight is 394 g/mol. The number of rotatable bonds is 5. The topological polar surface area (TPSA) is 66.9 Å². The molecule has 3 amide bonds. The van der Waals surface area contributed by atoms with Crippen LogP contribution in [0.4, 0.5) is 4.79 Å². The van der Waals surface area contributed by atoms with Gasteiger partial charge >= 0.3 is 6.09 Å². The third-order valence-electron chi connectivity index (χ3n) is 4.69. The summed E-state index contributed by atoms with van der Waals surface area (Å²) >= 11 is 0. The molecule has 0 spiro atoms. The van der Waals surface area contributed by atoms with Gasteiger partial charge in [0.25, 0.3) is 11.8 Å². The van der Waals surface area contributed by atoms with Crippen molar-refractivity contribution in [1.29, 1.82) is 0 Å². The van der Waals surface area contributed by atoms with Crippen LogP contribution in [0.5, 0.6) is 0 Å². The molecular formula is C23H26N2O4. The van der Waals surface area contributed by atoms with Gasteiger partial charge in [-0.3, -0.25) is 14.5 Å². The van der Waals surface area contributed by atoms with Crippen LogP contribution in [0.3, 0.4) is 0 Å². The molecule has 2 aromatic carbocycles. The predicted octanol–water partition coefficient (Wildman–Crippen LogP) is 3.76. The van der Waals surface area contributed by atoms with Crippen molar-refractivity contribution >= 4 is 17.9 Å². The summed E-state index contributed by atoms with van der Waals surface area (Å²) in [7, 11) is 1.62. The Labute approximate surface area is 171 Å². The Balaban J connectivity index is 1.87. The van der Waals surface area contributed by atoms with E-state index in [0.29, 0.717) is 17.5 Å². The number of likely N-dealkylation sites (N-methyl/N-ethyl adjacent to an activating group) is 1. The second-order valence-electron chi connectivity index (χ2n) is 8.23. The zero-order chi connectivity index (χ0) is 21.2. The number of amides is 3. The minimum Gasteiger partial charge on any atom is -0.444 e. The molecule has 0 saturated carbocycles. The Morgan fingerprint density at radius 3 is 2.00 bits per heavy atom. The third-order valence-corrected chi connectivity index (χ3v) is 4.69. The second kappa shape index (κ2) is 8.07. The Kier molecular flexibility index (Phi) is 5.73. The summed E-state index contributed by atoms with van der Waals surface area (Å²) in [5.41, 5.74) is 1.15. The van der Waals surface area contributed by atoms with Crippen molar-refractivity contribution < 1.29 is 19.1 Å². The molecule has 0 bridgehead atoms. The van der Waals surface area contributed by atoms with E-state index in [1.807, 2.05) is 30.3 Å². The molecule has 0 unspecified atom stereocenters. The molecule has 6 nitrogen and oxygen atoms in total. The highest BCUT2D eigenvalue weighted by Crippen LogP contribution is 2.26. The molecule has 0 N–H and O–H groups in total. The Morgan fingerprint density at radius 1 is 0.966 bits per heavy atom. The van der Waals surface area contributed by atoms with E-state index in [1.165, 1.54) is 9.80 Å². The Morgan fingerprint density at radius 2 is 1.48 bits per heavy atom. The van der Waals surface area contributed by atoms with E-state index in [-0.39, 0.29) is 18.4 Å². The average Bonchev–Trinajstić information content (AvgIpc) is 2.92. The number of hydrogen-bond acceptors (Lipinski definition) is 4. The molecular weight excluding hydrogens is 368 g/mol. The zero-order valence-corrected chi connectivity index (χ0v) is 17.2. The quantitative estimate of drug-likeness (QED) is 0.724. The fraction of sp³-hybridized carbons (Fsp3) is 0.348. The Bertz CT molecular complexity index is 883. The molecule has 6 heteroatoms. The summed E-state index contributed by atoms with van der Waals surface area (Å²) in [5, 5.41) is 0. The number of nitrogens with zero attached hydrogens (tertiary/aromatic N) is 2. The molecule has 2 aromatic rings. The molecule has 29 heavy (non-hydrogen) atoms. The molecule has 1 aliphatic rings. The van der Waals surface area contributed by atoms with Gasteiger partial charge in [0.1, 0.15) is 5.60 Å². The van der Waals surface area contributed by atoms with Gasteiger partial charge in [0.05, 0.1) is 17.2 Å². The summed E-state index contributed by atoms with van der Waals surface area (Å²) in [6, 6.07) is 15.9. The van der Waals surface area contributed by atoms with E-state index in [9.17, 15) is 14.4 Å². The summed E-state index contributed by atoms with van der Waals surface area (Å²) in [6.45, 7) is 5.56. The number of carbonyl (C=O) groups excluding carboxylic acids is 3. The standard InChI is InChI=1S/C23H26N2O4/c1-23(2,3)29-22(28)24(4)15-17(14-16-10-6-5-7-11-16)25-20(26)18-12-8-9-13-19(18)21(25)27/h5-13,17H,14-15H2,1-4H3/t17-/m0/s1. The number of benzene rings is 2. The van der Waals surface area contributed by atoms with Gasteiger partial charge in [-0.05, 0) is 44.9 Å². The van der Waals surface area contributed by atoms with Gasteiger partial charge in [0.2, 0.25) is 0 Å². The molecule has 0 aliphatic carbocycles. The van der Waals surface area contributed by atoms with Crippen LogP contribution in [-0.4, -0.2) is 52.9 Å². The molecule has 152 valence electrons. The lowest BCUT2D eigenvalue weighted by molar-refractivity contribution is 0.0232. The van der Waals surface area contributed by atoms with Crippen molar-refractivity contribution in [2.75, 3.05) is 13.6 Å². The van der Waals surface area contributed by atoms with E-state index in [4.69, 9.17) is 4.74 Å². The van der Waals surface area contributed by atoms with Gasteiger partial charge < -0.3 is 9.64 Å². The van der Waals surface area contributed by atoms with Crippen molar-refractivity contribution in [1.82, 2.24) is 9.80 Å². The van der Waals surface area contributed by atoms with E-state index >= 15 is 0 Å². The summed E-state index contributed by atoms with van der Waals surface area (Å²) in [4.78, 5) is 41.1. The van der Waals surface area contributed by atoms with Crippen LogP contribution in [0.25, 0.3) is 0 Å². The lowest BCUT2D eigenvalue weighted by atomic mass is 10.0. The number of fused-ring (bicyclic) bond motifs is 1. The molecule has 3 rings (SSSR count). The number of imide groups is 1. The van der Waals surface area contributed by atoms with Crippen LogP contribution in [0.15, 0.2) is 54.6 Å². The highest BCUT2D eigenvalue weighted by molar-refractivity contribution is 6.21. The molecule has 0 radical (unpaired) electrons. The van der Waals surface area contributed by atoms with Crippen LogP contribution in [0, 0.1) is 0 Å². The van der Waals surface area contributed by atoms with Crippen molar-refractivity contribution in [2.45, 2.75) is 38.8 Å². The van der Waals surface area contributed by atoms with Crippen molar-refractivity contribution in [3.05, 3.63) is 71.3 Å². The lowest BCUT2D eigenvalue weighted by Crippen LogP contribution is -2.49. The van der Waals surface area contributed by atoms with Gasteiger partial charge in [-0.1, -0.05) is 42.5 Å². The lowest BCUT2D eigenvalue weighted by Gasteiger charge is -2.31. The van der Waals surface area contributed by atoms with Crippen LogP contribution < -0.4 is 0 Å². The first-order chi connectivity index (χ1) is 13.7. The van der Waals surface area contributed by atoms with Crippen LogP contribution in [0.2, 0.25) is 0 Å². The largest absolute Gasteiger partial charge is 0.444 e. The maximum absolute atomic E-state index is 13.0. The maximum Gasteiger partial charge on any atom is 0.410 e. The van der Waals surface area contributed by atoms with Gasteiger partial charge in [-0.25, -0.2) is 4.79 Å². The van der Waals surface area contributed by atoms with Crippen molar-refractivity contribution in [3.8, 4) is 0 Å². The summed E-state index contributed by atoms with van der Waals surface area (Å²) in [5.74, 6) is -0.659. The fourth-order valence-electron chi connectivity index (χ4n) is 3.39. The summed E-state index contributed by atoms with van der Waals surface area (Å²) in [6.07, 6.45) is -0.0495. The number of ether oxygens (including phenoxy) is 1. The minimum atomic E-state index is -0.629. The smallest absolute Gasteiger partial charge is 0.410 e. The molecule has 1 atom stereocenters. The summed E-state index contributed by atoms with van der Waals surface area (Å²) < 4.78 is 5.43. The van der Waals surface area contributed by atoms with Crippen molar-refractivity contribution in [2.24, 2.45) is 0 Å². The van der Waals surface area contributed by atoms with Crippen molar-refractivity contribution in [3.63, 3.8) is 0 Å².